The Morgan fingerprint density at radius 2 is 1.89 bits per heavy atom. The van der Waals surface area contributed by atoms with Crippen LogP contribution < -0.4 is 15.0 Å². The van der Waals surface area contributed by atoms with Crippen molar-refractivity contribution >= 4 is 28.8 Å². The molecule has 5 rings (SSSR count). The van der Waals surface area contributed by atoms with Gasteiger partial charge in [0.05, 0.1) is 37.2 Å². The number of aliphatic hydroxyl groups is 1. The lowest BCUT2D eigenvalue weighted by Gasteiger charge is -2.29. The number of benzene rings is 2. The average molecular weight is 642 g/mol. The van der Waals surface area contributed by atoms with Gasteiger partial charge in [0, 0.05) is 48.5 Å². The van der Waals surface area contributed by atoms with E-state index in [1.54, 1.807) is 35.7 Å². The summed E-state index contributed by atoms with van der Waals surface area (Å²) in [5.74, 6) is 0.174. The number of aliphatic hydroxyl groups excluding tert-OH is 1. The van der Waals surface area contributed by atoms with Gasteiger partial charge in [-0.1, -0.05) is 44.2 Å². The molecule has 1 aliphatic rings. The Balaban J connectivity index is 1.37. The number of ether oxygens (including phenoxy) is 1. The number of aromatic nitrogens is 2. The van der Waals surface area contributed by atoms with Gasteiger partial charge in [-0.15, -0.1) is 11.3 Å². The van der Waals surface area contributed by atoms with Gasteiger partial charge in [-0.25, -0.2) is 4.98 Å². The third-order valence-corrected chi connectivity index (χ3v) is 9.54. The Morgan fingerprint density at radius 1 is 1.13 bits per heavy atom. The summed E-state index contributed by atoms with van der Waals surface area (Å²) in [6.07, 6.45) is 4.88. The van der Waals surface area contributed by atoms with Crippen molar-refractivity contribution < 1.29 is 19.4 Å². The lowest BCUT2D eigenvalue weighted by Crippen LogP contribution is -2.49. The van der Waals surface area contributed by atoms with Crippen LogP contribution in [0.25, 0.3) is 0 Å². The van der Waals surface area contributed by atoms with Crippen LogP contribution in [-0.4, -0.2) is 71.2 Å². The Morgan fingerprint density at radius 3 is 2.59 bits per heavy atom. The molecule has 1 saturated heterocycles. The van der Waals surface area contributed by atoms with Crippen LogP contribution in [-0.2, 0) is 6.42 Å². The molecule has 2 aromatic carbocycles. The van der Waals surface area contributed by atoms with Crippen molar-refractivity contribution in [3.05, 3.63) is 105 Å². The highest BCUT2D eigenvalue weighted by Crippen LogP contribution is 2.35. The van der Waals surface area contributed by atoms with E-state index in [-0.39, 0.29) is 24.1 Å². The molecular weight excluding hydrogens is 598 g/mol. The van der Waals surface area contributed by atoms with Crippen LogP contribution >= 0.6 is 11.3 Å². The Labute approximate surface area is 275 Å². The molecule has 3 heterocycles. The van der Waals surface area contributed by atoms with Gasteiger partial charge in [0.15, 0.2) is 0 Å². The van der Waals surface area contributed by atoms with E-state index in [1.165, 1.54) is 7.11 Å². The molecule has 0 radical (unpaired) electrons. The molecule has 10 heteroatoms. The molecule has 242 valence electrons. The summed E-state index contributed by atoms with van der Waals surface area (Å²) in [6.45, 7) is 7.08. The summed E-state index contributed by atoms with van der Waals surface area (Å²) in [5, 5.41) is 17.5. The summed E-state index contributed by atoms with van der Waals surface area (Å²) >= 11 is 1.57. The van der Waals surface area contributed by atoms with Crippen LogP contribution in [0.3, 0.4) is 0 Å². The van der Waals surface area contributed by atoms with E-state index in [4.69, 9.17) is 4.74 Å². The Hall–Kier alpha value is -4.28. The minimum absolute atomic E-state index is 0.0894. The van der Waals surface area contributed by atoms with Crippen molar-refractivity contribution in [3.8, 4) is 5.75 Å². The number of carbonyl (C=O) groups is 2. The second-order valence-corrected chi connectivity index (χ2v) is 13.2. The summed E-state index contributed by atoms with van der Waals surface area (Å²) in [6, 6.07) is 16.1. The zero-order chi connectivity index (χ0) is 32.8. The molecule has 3 atom stereocenters. The number of nitrogens with zero attached hydrogens (tertiary/aromatic N) is 4. The number of hydrogen-bond acceptors (Lipinski definition) is 8. The Bertz CT molecular complexity index is 1640. The maximum atomic E-state index is 13.8. The smallest absolute Gasteiger partial charge is 0.254 e. The SMILES string of the molecule is COc1cc(C(=O)N[C@@H](Cc2ccccc2)[C@H](O)CN(C)c2cncc(C(C)C)c2)cc(C(=O)N2CCC[C@@H]2c2nc(C)cs2)c1. The second-order valence-electron chi connectivity index (χ2n) is 12.3. The van der Waals surface area contributed by atoms with E-state index >= 15 is 0 Å². The van der Waals surface area contributed by atoms with Crippen molar-refractivity contribution in [1.29, 1.82) is 0 Å². The molecule has 1 aliphatic heterocycles. The first kappa shape index (κ1) is 33.1. The van der Waals surface area contributed by atoms with E-state index in [2.05, 4.69) is 35.2 Å². The lowest BCUT2D eigenvalue weighted by atomic mass is 9.99. The number of thiazole rings is 1. The number of aryl methyl sites for hydroxylation is 1. The first-order valence-corrected chi connectivity index (χ1v) is 16.6. The predicted molar refractivity (Wildman–Crippen MR) is 182 cm³/mol. The van der Waals surface area contributed by atoms with Crippen LogP contribution in [0.1, 0.15) is 81.2 Å². The molecule has 1 fully saturated rings. The highest BCUT2D eigenvalue weighted by atomic mass is 32.1. The molecule has 46 heavy (non-hydrogen) atoms. The summed E-state index contributed by atoms with van der Waals surface area (Å²) in [7, 11) is 3.42. The maximum Gasteiger partial charge on any atom is 0.254 e. The Kier molecular flexibility index (Phi) is 10.7. The number of amides is 2. The van der Waals surface area contributed by atoms with Gasteiger partial charge in [-0.2, -0.15) is 0 Å². The number of likely N-dealkylation sites (tertiary alicyclic amines) is 1. The monoisotopic (exact) mass is 641 g/mol. The fourth-order valence-electron chi connectivity index (χ4n) is 5.81. The number of anilines is 1. The first-order chi connectivity index (χ1) is 22.1. The van der Waals surface area contributed by atoms with Gasteiger partial charge in [-0.3, -0.25) is 14.6 Å². The minimum atomic E-state index is -0.907. The largest absolute Gasteiger partial charge is 0.497 e. The van der Waals surface area contributed by atoms with Gasteiger partial charge in [0.1, 0.15) is 10.8 Å². The standard InChI is InChI=1S/C36H43N5O4S/c1-23(2)28-16-29(20-37-19-28)40(4)21-33(42)31(14-25-10-7-6-8-11-25)39-34(43)26-15-27(18-30(17-26)45-5)36(44)41-13-9-12-32(41)35-38-24(3)22-46-35/h6-8,10-11,15-20,22-23,31-33,42H,9,12-14,21H2,1-5H3,(H,39,43)/t31-,32+,33+/m0/s1. The van der Waals surface area contributed by atoms with Crippen LogP contribution in [0.2, 0.25) is 0 Å². The maximum absolute atomic E-state index is 13.8. The molecule has 4 aromatic rings. The zero-order valence-corrected chi connectivity index (χ0v) is 28.0. The van der Waals surface area contributed by atoms with E-state index in [1.807, 2.05) is 65.7 Å². The number of likely N-dealkylation sites (N-methyl/N-ethyl adjacent to an activating group) is 1. The molecule has 0 aliphatic carbocycles. The minimum Gasteiger partial charge on any atom is -0.497 e. The molecule has 0 unspecified atom stereocenters. The van der Waals surface area contributed by atoms with Crippen LogP contribution in [0, 0.1) is 6.92 Å². The van der Waals surface area contributed by atoms with Gasteiger partial charge in [0.2, 0.25) is 0 Å². The lowest BCUT2D eigenvalue weighted by molar-refractivity contribution is 0.0735. The first-order valence-electron chi connectivity index (χ1n) is 15.7. The number of pyridine rings is 1. The predicted octanol–water partition coefficient (Wildman–Crippen LogP) is 5.79. The molecule has 0 spiro atoms. The number of carbonyl (C=O) groups excluding carboxylic acids is 2. The third-order valence-electron chi connectivity index (χ3n) is 8.48. The van der Waals surface area contributed by atoms with Gasteiger partial charge in [-0.05, 0) is 67.5 Å². The van der Waals surface area contributed by atoms with E-state index in [0.717, 1.165) is 40.4 Å². The highest BCUT2D eigenvalue weighted by Gasteiger charge is 2.33. The second kappa shape index (κ2) is 14.9. The van der Waals surface area contributed by atoms with Crippen molar-refractivity contribution in [1.82, 2.24) is 20.2 Å². The van der Waals surface area contributed by atoms with Crippen molar-refractivity contribution in [2.45, 2.75) is 64.1 Å². The van der Waals surface area contributed by atoms with Crippen LogP contribution in [0.15, 0.2) is 72.4 Å². The summed E-state index contributed by atoms with van der Waals surface area (Å²) in [5.41, 5.74) is 4.59. The van der Waals surface area contributed by atoms with Crippen LogP contribution in [0.4, 0.5) is 5.69 Å². The average Bonchev–Trinajstić information content (AvgIpc) is 3.73. The van der Waals surface area contributed by atoms with Crippen LogP contribution in [0.5, 0.6) is 5.75 Å². The van der Waals surface area contributed by atoms with Gasteiger partial charge in [0.25, 0.3) is 11.8 Å². The molecule has 2 amide bonds. The molecule has 9 nitrogen and oxygen atoms in total. The van der Waals surface area contributed by atoms with Crippen molar-refractivity contribution in [2.24, 2.45) is 0 Å². The van der Waals surface area contributed by atoms with E-state index < -0.39 is 18.1 Å². The van der Waals surface area contributed by atoms with E-state index in [9.17, 15) is 14.7 Å². The molecule has 2 aromatic heterocycles. The normalized spacial score (nSPS) is 15.9. The fourth-order valence-corrected chi connectivity index (χ4v) is 6.76. The number of hydrogen-bond donors (Lipinski definition) is 2. The van der Waals surface area contributed by atoms with Crippen molar-refractivity contribution in [3.63, 3.8) is 0 Å². The third kappa shape index (κ3) is 7.92. The topological polar surface area (TPSA) is 108 Å². The quantitative estimate of drug-likeness (QED) is 0.202. The van der Waals surface area contributed by atoms with Crippen molar-refractivity contribution in [2.75, 3.05) is 32.1 Å². The fraction of sp³-hybridized carbons (Fsp3) is 0.389. The molecule has 0 saturated carbocycles. The van der Waals surface area contributed by atoms with Gasteiger partial charge >= 0.3 is 0 Å². The number of nitrogens with one attached hydrogen (secondary N) is 1. The summed E-state index contributed by atoms with van der Waals surface area (Å²) < 4.78 is 5.53. The van der Waals surface area contributed by atoms with E-state index in [0.29, 0.717) is 30.2 Å². The molecular formula is C36H43N5O4S. The number of methoxy groups -OCH3 is 1. The number of rotatable bonds is 12. The molecule has 0 bridgehead atoms. The van der Waals surface area contributed by atoms with Gasteiger partial charge < -0.3 is 25.0 Å². The zero-order valence-electron chi connectivity index (χ0n) is 27.1. The highest BCUT2D eigenvalue weighted by molar-refractivity contribution is 7.09. The summed E-state index contributed by atoms with van der Waals surface area (Å²) in [4.78, 5) is 40.5. The molecule has 2 N–H and O–H groups in total.